The van der Waals surface area contributed by atoms with Crippen LogP contribution in [0.3, 0.4) is 0 Å². The summed E-state index contributed by atoms with van der Waals surface area (Å²) in [4.78, 5) is 9.01. The Morgan fingerprint density at radius 1 is 1.17 bits per heavy atom. The lowest BCUT2D eigenvalue weighted by Gasteiger charge is -2.07. The molecule has 1 fully saturated rings. The average Bonchev–Trinajstić information content (AvgIpc) is 3.15. The van der Waals surface area contributed by atoms with Gasteiger partial charge in [-0.05, 0) is 50.1 Å². The number of aromatic nitrogens is 2. The van der Waals surface area contributed by atoms with E-state index in [1.807, 2.05) is 31.2 Å². The van der Waals surface area contributed by atoms with Crippen LogP contribution in [0.4, 0.5) is 11.6 Å². The molecule has 1 N–H and O–H groups in total. The maximum atomic E-state index is 4.58. The number of nitrogens with one attached hydrogen (secondary N) is 1. The van der Waals surface area contributed by atoms with Gasteiger partial charge in [0.05, 0.1) is 0 Å². The van der Waals surface area contributed by atoms with Crippen molar-refractivity contribution in [2.75, 3.05) is 5.32 Å². The molecule has 4 heteroatoms. The summed E-state index contributed by atoms with van der Waals surface area (Å²) < 4.78 is 1.07. The van der Waals surface area contributed by atoms with Crippen molar-refractivity contribution in [3.63, 3.8) is 0 Å². The van der Waals surface area contributed by atoms with Crippen LogP contribution in [-0.2, 0) is 0 Å². The van der Waals surface area contributed by atoms with Crippen molar-refractivity contribution in [3.05, 3.63) is 46.2 Å². The number of halogens is 1. The highest BCUT2D eigenvalue weighted by molar-refractivity contribution is 9.10. The monoisotopic (exact) mass is 303 g/mol. The fraction of sp³-hybridized carbons (Fsp3) is 0.286. The second kappa shape index (κ2) is 4.69. The third kappa shape index (κ3) is 2.70. The Hall–Kier alpha value is -1.42. The number of rotatable bonds is 3. The molecule has 0 spiro atoms. The first-order valence-electron chi connectivity index (χ1n) is 6.09. The van der Waals surface area contributed by atoms with Gasteiger partial charge in [0, 0.05) is 27.5 Å². The standard InChI is InChI=1S/C14H14BrN3/c1-9-8-13(10-2-3-10)18-14(16-9)17-12-6-4-11(15)5-7-12/h4-8,10H,2-3H2,1H3,(H,16,17,18). The number of aryl methyl sites for hydroxylation is 1. The molecule has 0 radical (unpaired) electrons. The Morgan fingerprint density at radius 2 is 1.89 bits per heavy atom. The van der Waals surface area contributed by atoms with E-state index >= 15 is 0 Å². The van der Waals surface area contributed by atoms with Crippen LogP contribution in [0, 0.1) is 6.92 Å². The lowest BCUT2D eigenvalue weighted by Crippen LogP contribution is -2.01. The molecular weight excluding hydrogens is 290 g/mol. The first-order chi connectivity index (χ1) is 8.70. The Bertz CT molecular complexity index is 562. The van der Waals surface area contributed by atoms with Gasteiger partial charge in [-0.1, -0.05) is 15.9 Å². The predicted molar refractivity (Wildman–Crippen MR) is 76.2 cm³/mol. The Kier molecular flexibility index (Phi) is 3.04. The zero-order valence-electron chi connectivity index (χ0n) is 10.2. The van der Waals surface area contributed by atoms with Crippen molar-refractivity contribution in [3.8, 4) is 0 Å². The molecule has 0 unspecified atom stereocenters. The molecule has 0 saturated heterocycles. The van der Waals surface area contributed by atoms with Gasteiger partial charge in [-0.25, -0.2) is 9.97 Å². The third-order valence-electron chi connectivity index (χ3n) is 2.97. The van der Waals surface area contributed by atoms with Crippen LogP contribution in [0.25, 0.3) is 0 Å². The summed E-state index contributed by atoms with van der Waals surface area (Å²) in [5, 5.41) is 3.25. The van der Waals surface area contributed by atoms with E-state index in [1.54, 1.807) is 0 Å². The van der Waals surface area contributed by atoms with Gasteiger partial charge in [0.2, 0.25) is 5.95 Å². The number of hydrogen-bond donors (Lipinski definition) is 1. The van der Waals surface area contributed by atoms with Gasteiger partial charge in [-0.3, -0.25) is 0 Å². The van der Waals surface area contributed by atoms with E-state index in [0.717, 1.165) is 15.9 Å². The molecule has 92 valence electrons. The van der Waals surface area contributed by atoms with E-state index in [2.05, 4.69) is 37.3 Å². The second-order valence-corrected chi connectivity index (χ2v) is 5.58. The first-order valence-corrected chi connectivity index (χ1v) is 6.88. The summed E-state index contributed by atoms with van der Waals surface area (Å²) in [5.74, 6) is 1.34. The fourth-order valence-electron chi connectivity index (χ4n) is 1.90. The Balaban J connectivity index is 1.85. The summed E-state index contributed by atoms with van der Waals surface area (Å²) >= 11 is 3.42. The van der Waals surface area contributed by atoms with Gasteiger partial charge < -0.3 is 5.32 Å². The number of anilines is 2. The highest BCUT2D eigenvalue weighted by Crippen LogP contribution is 2.39. The van der Waals surface area contributed by atoms with Crippen LogP contribution in [0.5, 0.6) is 0 Å². The van der Waals surface area contributed by atoms with E-state index in [-0.39, 0.29) is 0 Å². The van der Waals surface area contributed by atoms with Gasteiger partial charge in [0.15, 0.2) is 0 Å². The maximum absolute atomic E-state index is 4.58. The molecule has 3 nitrogen and oxygen atoms in total. The van der Waals surface area contributed by atoms with Crippen molar-refractivity contribution in [1.29, 1.82) is 0 Å². The molecule has 0 atom stereocenters. The molecule has 3 rings (SSSR count). The van der Waals surface area contributed by atoms with E-state index in [1.165, 1.54) is 18.5 Å². The largest absolute Gasteiger partial charge is 0.324 e. The number of hydrogen-bond acceptors (Lipinski definition) is 3. The minimum absolute atomic E-state index is 0.650. The van der Waals surface area contributed by atoms with Crippen LogP contribution in [0.15, 0.2) is 34.8 Å². The molecule has 0 aliphatic heterocycles. The highest BCUT2D eigenvalue weighted by atomic mass is 79.9. The van der Waals surface area contributed by atoms with Crippen LogP contribution in [0.2, 0.25) is 0 Å². The third-order valence-corrected chi connectivity index (χ3v) is 3.50. The lowest BCUT2D eigenvalue weighted by atomic mass is 10.2. The molecule has 18 heavy (non-hydrogen) atoms. The van der Waals surface area contributed by atoms with Gasteiger partial charge in [0.25, 0.3) is 0 Å². The van der Waals surface area contributed by atoms with Crippen molar-refractivity contribution >= 4 is 27.6 Å². The fourth-order valence-corrected chi connectivity index (χ4v) is 2.16. The van der Waals surface area contributed by atoms with E-state index in [4.69, 9.17) is 0 Å². The van der Waals surface area contributed by atoms with Gasteiger partial charge in [-0.15, -0.1) is 0 Å². The van der Waals surface area contributed by atoms with Crippen LogP contribution < -0.4 is 5.32 Å². The molecule has 1 aliphatic carbocycles. The summed E-state index contributed by atoms with van der Waals surface area (Å²) in [5.41, 5.74) is 3.19. The molecule has 1 aromatic heterocycles. The van der Waals surface area contributed by atoms with Gasteiger partial charge in [-0.2, -0.15) is 0 Å². The predicted octanol–water partition coefficient (Wildman–Crippen LogP) is 4.17. The quantitative estimate of drug-likeness (QED) is 0.925. The molecular formula is C14H14BrN3. The Morgan fingerprint density at radius 3 is 2.56 bits per heavy atom. The molecule has 2 aromatic rings. The summed E-state index contributed by atoms with van der Waals surface area (Å²) in [6.45, 7) is 2.01. The molecule has 0 amide bonds. The SMILES string of the molecule is Cc1cc(C2CC2)nc(Nc2ccc(Br)cc2)n1. The van der Waals surface area contributed by atoms with E-state index in [9.17, 15) is 0 Å². The summed E-state index contributed by atoms with van der Waals surface area (Å²) in [6.07, 6.45) is 2.52. The summed E-state index contributed by atoms with van der Waals surface area (Å²) in [6, 6.07) is 10.1. The molecule has 1 heterocycles. The minimum atomic E-state index is 0.650. The zero-order valence-corrected chi connectivity index (χ0v) is 11.7. The highest BCUT2D eigenvalue weighted by Gasteiger charge is 2.25. The van der Waals surface area contributed by atoms with Crippen molar-refractivity contribution < 1.29 is 0 Å². The molecule has 1 aromatic carbocycles. The number of nitrogens with zero attached hydrogens (tertiary/aromatic N) is 2. The average molecular weight is 304 g/mol. The maximum Gasteiger partial charge on any atom is 0.227 e. The Labute approximate surface area is 115 Å². The van der Waals surface area contributed by atoms with Gasteiger partial charge in [0.1, 0.15) is 0 Å². The normalized spacial score (nSPS) is 14.6. The van der Waals surface area contributed by atoms with E-state index in [0.29, 0.717) is 11.9 Å². The number of benzene rings is 1. The van der Waals surface area contributed by atoms with Crippen LogP contribution in [-0.4, -0.2) is 9.97 Å². The van der Waals surface area contributed by atoms with Crippen LogP contribution >= 0.6 is 15.9 Å². The molecule has 1 aliphatic rings. The van der Waals surface area contributed by atoms with Crippen molar-refractivity contribution in [1.82, 2.24) is 9.97 Å². The minimum Gasteiger partial charge on any atom is -0.324 e. The van der Waals surface area contributed by atoms with Crippen LogP contribution in [0.1, 0.15) is 30.1 Å². The molecule has 1 saturated carbocycles. The van der Waals surface area contributed by atoms with Crippen molar-refractivity contribution in [2.45, 2.75) is 25.7 Å². The van der Waals surface area contributed by atoms with E-state index < -0.39 is 0 Å². The smallest absolute Gasteiger partial charge is 0.227 e. The molecule has 0 bridgehead atoms. The van der Waals surface area contributed by atoms with Gasteiger partial charge >= 0.3 is 0 Å². The topological polar surface area (TPSA) is 37.8 Å². The van der Waals surface area contributed by atoms with Crippen molar-refractivity contribution in [2.24, 2.45) is 0 Å². The summed E-state index contributed by atoms with van der Waals surface area (Å²) in [7, 11) is 0. The lowest BCUT2D eigenvalue weighted by molar-refractivity contribution is 0.972. The second-order valence-electron chi connectivity index (χ2n) is 4.66. The first kappa shape index (κ1) is 11.7. The zero-order chi connectivity index (χ0) is 12.5.